The first-order valence-electron chi connectivity index (χ1n) is 4.56. The fourth-order valence-corrected chi connectivity index (χ4v) is 2.12. The first-order chi connectivity index (χ1) is 5.71. The maximum Gasteiger partial charge on any atom is 0.295 e. The van der Waals surface area contributed by atoms with Crippen LogP contribution in [0.4, 0.5) is 0 Å². The van der Waals surface area contributed by atoms with Crippen LogP contribution in [0.25, 0.3) is 0 Å². The van der Waals surface area contributed by atoms with Gasteiger partial charge < -0.3 is 13.0 Å². The van der Waals surface area contributed by atoms with Crippen molar-refractivity contribution >= 4 is 20.0 Å². The fourth-order valence-electron chi connectivity index (χ4n) is 0.471. The van der Waals surface area contributed by atoms with Gasteiger partial charge in [-0.2, -0.15) is 0 Å². The highest BCUT2D eigenvalue weighted by Gasteiger charge is 2.12. The van der Waals surface area contributed by atoms with E-state index in [-0.39, 0.29) is 11.2 Å². The van der Waals surface area contributed by atoms with E-state index in [1.807, 2.05) is 41.5 Å². The molecule has 0 fully saturated rings. The Morgan fingerprint density at radius 1 is 0.692 bits per heavy atom. The summed E-state index contributed by atoms with van der Waals surface area (Å²) >= 11 is 0. The van der Waals surface area contributed by atoms with Gasteiger partial charge >= 0.3 is 0 Å². The largest absolute Gasteiger partial charge is 0.424 e. The van der Waals surface area contributed by atoms with Crippen LogP contribution in [0.3, 0.4) is 0 Å². The summed E-state index contributed by atoms with van der Waals surface area (Å²) < 4.78 is 16.4. The quantitative estimate of drug-likeness (QED) is 0.516. The molecule has 0 bridgehead atoms. The second-order valence-electron chi connectivity index (χ2n) is 4.95. The second-order valence-corrected chi connectivity index (χ2v) is 7.63. The number of hydrogen-bond donors (Lipinski definition) is 0. The van der Waals surface area contributed by atoms with E-state index in [1.165, 1.54) is 0 Å². The van der Waals surface area contributed by atoms with Crippen molar-refractivity contribution in [1.82, 2.24) is 0 Å². The van der Waals surface area contributed by atoms with Gasteiger partial charge in [-0.05, 0) is 41.5 Å². The highest BCUT2D eigenvalue weighted by Crippen LogP contribution is 2.06. The maximum absolute atomic E-state index is 5.52. The summed E-state index contributed by atoms with van der Waals surface area (Å²) in [5.74, 6) is 0. The Balaban J connectivity index is 3.28. The fraction of sp³-hybridized carbons (Fsp3) is 1.00. The van der Waals surface area contributed by atoms with Gasteiger partial charge in [-0.3, -0.25) is 0 Å². The predicted molar refractivity (Wildman–Crippen MR) is 59.8 cm³/mol. The molecule has 0 saturated heterocycles. The maximum atomic E-state index is 5.52. The van der Waals surface area contributed by atoms with Crippen molar-refractivity contribution in [2.45, 2.75) is 52.7 Å². The summed E-state index contributed by atoms with van der Waals surface area (Å²) in [5.41, 5.74) is -0.134. The molecule has 0 amide bonds. The van der Waals surface area contributed by atoms with E-state index in [2.05, 4.69) is 0 Å². The molecule has 0 aliphatic carbocycles. The molecular weight excluding hydrogens is 200 g/mol. The standard InChI is InChI=1S/C8H22O3Si2/c1-7(2,3)9-12-11-13-10-8(4,5)6/h12-13H2,1-6H3. The van der Waals surface area contributed by atoms with Crippen LogP contribution in [0.2, 0.25) is 0 Å². The highest BCUT2D eigenvalue weighted by atomic mass is 28.3. The second kappa shape index (κ2) is 5.26. The molecule has 0 aliphatic heterocycles. The van der Waals surface area contributed by atoms with Gasteiger partial charge in [-0.1, -0.05) is 0 Å². The lowest BCUT2D eigenvalue weighted by atomic mass is 10.2. The third kappa shape index (κ3) is 12.3. The minimum absolute atomic E-state index is 0.0671. The van der Waals surface area contributed by atoms with Gasteiger partial charge in [0.1, 0.15) is 0 Å². The molecule has 0 heterocycles. The third-order valence-corrected chi connectivity index (χ3v) is 4.45. The Kier molecular flexibility index (Phi) is 5.38. The Labute approximate surface area is 86.3 Å². The van der Waals surface area contributed by atoms with Crippen molar-refractivity contribution in [2.75, 3.05) is 0 Å². The molecule has 0 rings (SSSR count). The van der Waals surface area contributed by atoms with Crippen LogP contribution < -0.4 is 0 Å². The van der Waals surface area contributed by atoms with E-state index >= 15 is 0 Å². The van der Waals surface area contributed by atoms with Gasteiger partial charge in [0.05, 0.1) is 0 Å². The molecule has 0 aliphatic rings. The molecule has 0 unspecified atom stereocenters. The lowest BCUT2D eigenvalue weighted by molar-refractivity contribution is 0.0951. The molecule has 3 nitrogen and oxygen atoms in total. The molecule has 0 radical (unpaired) electrons. The molecule has 0 aromatic heterocycles. The van der Waals surface area contributed by atoms with Crippen molar-refractivity contribution in [1.29, 1.82) is 0 Å². The molecule has 0 spiro atoms. The van der Waals surface area contributed by atoms with Crippen LogP contribution in [0, 0.1) is 0 Å². The summed E-state index contributed by atoms with van der Waals surface area (Å²) in [6, 6.07) is 0. The van der Waals surface area contributed by atoms with E-state index < -0.39 is 20.0 Å². The summed E-state index contributed by atoms with van der Waals surface area (Å²) in [6.45, 7) is 12.2. The Bertz CT molecular complexity index is 121. The minimum Gasteiger partial charge on any atom is -0.424 e. The summed E-state index contributed by atoms with van der Waals surface area (Å²) in [7, 11) is -1.65. The zero-order chi connectivity index (χ0) is 10.5. The number of rotatable bonds is 4. The first kappa shape index (κ1) is 13.3. The summed E-state index contributed by atoms with van der Waals surface area (Å²) in [6.07, 6.45) is 0. The van der Waals surface area contributed by atoms with Crippen molar-refractivity contribution in [3.63, 3.8) is 0 Å². The topological polar surface area (TPSA) is 27.7 Å². The lowest BCUT2D eigenvalue weighted by Gasteiger charge is -2.22. The Morgan fingerprint density at radius 2 is 1.00 bits per heavy atom. The number of hydrogen-bond acceptors (Lipinski definition) is 3. The summed E-state index contributed by atoms with van der Waals surface area (Å²) in [4.78, 5) is 0. The Morgan fingerprint density at radius 3 is 1.23 bits per heavy atom. The molecule has 80 valence electrons. The van der Waals surface area contributed by atoms with Gasteiger partial charge in [-0.15, -0.1) is 0 Å². The zero-order valence-electron chi connectivity index (χ0n) is 9.64. The van der Waals surface area contributed by atoms with Crippen molar-refractivity contribution in [3.8, 4) is 0 Å². The van der Waals surface area contributed by atoms with E-state index in [1.54, 1.807) is 0 Å². The van der Waals surface area contributed by atoms with Crippen molar-refractivity contribution in [2.24, 2.45) is 0 Å². The van der Waals surface area contributed by atoms with E-state index in [0.717, 1.165) is 0 Å². The SMILES string of the molecule is CC(C)(C)O[SiH2]O[SiH2]OC(C)(C)C. The average molecular weight is 222 g/mol. The van der Waals surface area contributed by atoms with E-state index in [9.17, 15) is 0 Å². The van der Waals surface area contributed by atoms with Crippen LogP contribution in [-0.2, 0) is 13.0 Å². The van der Waals surface area contributed by atoms with Gasteiger partial charge in [0.25, 0.3) is 20.0 Å². The van der Waals surface area contributed by atoms with Crippen LogP contribution >= 0.6 is 0 Å². The van der Waals surface area contributed by atoms with Gasteiger partial charge in [0, 0.05) is 11.2 Å². The van der Waals surface area contributed by atoms with Crippen LogP contribution in [0.5, 0.6) is 0 Å². The molecule has 0 aromatic rings. The molecular formula is C8H22O3Si2. The van der Waals surface area contributed by atoms with Crippen molar-refractivity contribution < 1.29 is 13.0 Å². The normalized spacial score (nSPS) is 15.2. The van der Waals surface area contributed by atoms with Crippen LogP contribution in [0.1, 0.15) is 41.5 Å². The van der Waals surface area contributed by atoms with Crippen LogP contribution in [0.15, 0.2) is 0 Å². The first-order valence-corrected chi connectivity index (χ1v) is 6.87. The summed E-state index contributed by atoms with van der Waals surface area (Å²) in [5, 5.41) is 0. The zero-order valence-corrected chi connectivity index (χ0v) is 12.5. The van der Waals surface area contributed by atoms with Gasteiger partial charge in [-0.25, -0.2) is 0 Å². The third-order valence-electron chi connectivity index (χ3n) is 1.15. The molecule has 13 heavy (non-hydrogen) atoms. The minimum atomic E-state index is -0.825. The highest BCUT2D eigenvalue weighted by molar-refractivity contribution is 6.34. The van der Waals surface area contributed by atoms with E-state index in [0.29, 0.717) is 0 Å². The molecule has 0 aromatic carbocycles. The van der Waals surface area contributed by atoms with Gasteiger partial charge in [0.2, 0.25) is 0 Å². The molecule has 0 N–H and O–H groups in total. The average Bonchev–Trinajstić information content (AvgIpc) is 1.81. The lowest BCUT2D eigenvalue weighted by Crippen LogP contribution is -2.28. The monoisotopic (exact) mass is 222 g/mol. The molecule has 0 atom stereocenters. The van der Waals surface area contributed by atoms with E-state index in [4.69, 9.17) is 13.0 Å². The smallest absolute Gasteiger partial charge is 0.295 e. The Hall–Kier alpha value is 0.314. The van der Waals surface area contributed by atoms with Crippen molar-refractivity contribution in [3.05, 3.63) is 0 Å². The van der Waals surface area contributed by atoms with Crippen LogP contribution in [-0.4, -0.2) is 31.2 Å². The predicted octanol–water partition coefficient (Wildman–Crippen LogP) is 0.631. The van der Waals surface area contributed by atoms with Gasteiger partial charge in [0.15, 0.2) is 0 Å². The molecule has 5 heteroatoms. The molecule has 0 saturated carbocycles.